The van der Waals surface area contributed by atoms with E-state index in [1.807, 2.05) is 0 Å². The van der Waals surface area contributed by atoms with Crippen molar-refractivity contribution in [2.24, 2.45) is 0 Å². The molecule has 0 amide bonds. The van der Waals surface area contributed by atoms with Crippen LogP contribution < -0.4 is 5.32 Å². The molecular formula is C10H12F4N2. The predicted octanol–water partition coefficient (Wildman–Crippen LogP) is 2.38. The van der Waals surface area contributed by atoms with Crippen molar-refractivity contribution < 1.29 is 17.6 Å². The van der Waals surface area contributed by atoms with Crippen molar-refractivity contribution in [2.75, 3.05) is 6.54 Å². The predicted molar refractivity (Wildman–Crippen MR) is 51.6 cm³/mol. The molecule has 0 atom stereocenters. The number of hydrogen-bond donors (Lipinski definition) is 1. The zero-order valence-corrected chi connectivity index (χ0v) is 8.68. The SMILES string of the molecule is Cc1ccncc1CNCC(F)(F)C(F)F. The van der Waals surface area contributed by atoms with E-state index in [0.29, 0.717) is 5.56 Å². The molecule has 0 saturated carbocycles. The largest absolute Gasteiger partial charge is 0.319 e. The fourth-order valence-electron chi connectivity index (χ4n) is 1.12. The van der Waals surface area contributed by atoms with Gasteiger partial charge in [-0.2, -0.15) is 8.78 Å². The van der Waals surface area contributed by atoms with Crippen molar-refractivity contribution in [3.8, 4) is 0 Å². The number of hydrogen-bond acceptors (Lipinski definition) is 2. The Morgan fingerprint density at radius 2 is 2.12 bits per heavy atom. The Balaban J connectivity index is 2.45. The Hall–Kier alpha value is -1.17. The third kappa shape index (κ3) is 3.44. The van der Waals surface area contributed by atoms with Crippen molar-refractivity contribution in [2.45, 2.75) is 25.8 Å². The first-order valence-electron chi connectivity index (χ1n) is 4.69. The molecule has 1 heterocycles. The second-order valence-corrected chi connectivity index (χ2v) is 3.47. The Morgan fingerprint density at radius 3 is 2.69 bits per heavy atom. The normalized spacial score (nSPS) is 12.1. The second-order valence-electron chi connectivity index (χ2n) is 3.47. The smallest absolute Gasteiger partial charge is 0.307 e. The second kappa shape index (κ2) is 5.25. The van der Waals surface area contributed by atoms with Gasteiger partial charge in [-0.3, -0.25) is 4.98 Å². The average Bonchev–Trinajstić information content (AvgIpc) is 2.20. The van der Waals surface area contributed by atoms with Gasteiger partial charge in [0.25, 0.3) is 0 Å². The van der Waals surface area contributed by atoms with Crippen molar-refractivity contribution in [3.05, 3.63) is 29.6 Å². The van der Waals surface area contributed by atoms with E-state index in [4.69, 9.17) is 0 Å². The highest BCUT2D eigenvalue weighted by Gasteiger charge is 2.39. The van der Waals surface area contributed by atoms with Gasteiger partial charge in [0.2, 0.25) is 0 Å². The van der Waals surface area contributed by atoms with Crippen molar-refractivity contribution in [1.29, 1.82) is 0 Å². The number of nitrogens with zero attached hydrogens (tertiary/aromatic N) is 1. The monoisotopic (exact) mass is 236 g/mol. The van der Waals surface area contributed by atoms with Gasteiger partial charge in [0.1, 0.15) is 0 Å². The average molecular weight is 236 g/mol. The minimum atomic E-state index is -3.99. The van der Waals surface area contributed by atoms with Gasteiger partial charge in [0.05, 0.1) is 6.54 Å². The Morgan fingerprint density at radius 1 is 1.44 bits per heavy atom. The zero-order chi connectivity index (χ0) is 12.2. The van der Waals surface area contributed by atoms with Crippen LogP contribution in [0.5, 0.6) is 0 Å². The van der Waals surface area contributed by atoms with Crippen molar-refractivity contribution in [3.63, 3.8) is 0 Å². The molecule has 0 radical (unpaired) electrons. The topological polar surface area (TPSA) is 24.9 Å². The van der Waals surface area contributed by atoms with Gasteiger partial charge in [-0.1, -0.05) is 0 Å². The molecule has 90 valence electrons. The molecule has 1 aromatic rings. The van der Waals surface area contributed by atoms with Gasteiger partial charge in [-0.05, 0) is 24.1 Å². The molecule has 0 bridgehead atoms. The summed E-state index contributed by atoms with van der Waals surface area (Å²) in [5.74, 6) is -3.99. The number of pyridine rings is 1. The summed E-state index contributed by atoms with van der Waals surface area (Å²) in [6, 6.07) is 1.72. The fraction of sp³-hybridized carbons (Fsp3) is 0.500. The Bertz CT molecular complexity index is 341. The van der Waals surface area contributed by atoms with E-state index in [9.17, 15) is 17.6 Å². The van der Waals surface area contributed by atoms with Crippen LogP contribution in [0.1, 0.15) is 11.1 Å². The Labute approximate surface area is 90.7 Å². The van der Waals surface area contributed by atoms with Crippen LogP contribution in [0.4, 0.5) is 17.6 Å². The van der Waals surface area contributed by atoms with Crippen LogP contribution in [0, 0.1) is 6.92 Å². The van der Waals surface area contributed by atoms with E-state index >= 15 is 0 Å². The highest BCUT2D eigenvalue weighted by molar-refractivity contribution is 5.20. The van der Waals surface area contributed by atoms with E-state index in [-0.39, 0.29) is 6.54 Å². The lowest BCUT2D eigenvalue weighted by Crippen LogP contribution is -2.38. The summed E-state index contributed by atoms with van der Waals surface area (Å²) in [6.45, 7) is 0.852. The highest BCUT2D eigenvalue weighted by atomic mass is 19.3. The van der Waals surface area contributed by atoms with E-state index in [2.05, 4.69) is 10.3 Å². The standard InChI is InChI=1S/C10H12F4N2/c1-7-2-3-15-4-8(7)5-16-6-10(13,14)9(11)12/h2-4,9,16H,5-6H2,1H3. The first kappa shape index (κ1) is 12.9. The van der Waals surface area contributed by atoms with Crippen molar-refractivity contribution in [1.82, 2.24) is 10.3 Å². The lowest BCUT2D eigenvalue weighted by atomic mass is 10.1. The molecule has 0 aliphatic carbocycles. The number of aryl methyl sites for hydroxylation is 1. The number of nitrogens with one attached hydrogen (secondary N) is 1. The molecule has 2 nitrogen and oxygen atoms in total. The minimum absolute atomic E-state index is 0.0992. The van der Waals surface area contributed by atoms with E-state index in [1.54, 1.807) is 19.2 Å². The number of aromatic nitrogens is 1. The summed E-state index contributed by atoms with van der Waals surface area (Å²) in [6.07, 6.45) is -0.551. The molecule has 1 aromatic heterocycles. The van der Waals surface area contributed by atoms with Crippen LogP contribution in [-0.4, -0.2) is 23.9 Å². The van der Waals surface area contributed by atoms with Gasteiger partial charge >= 0.3 is 12.3 Å². The molecule has 6 heteroatoms. The first-order valence-corrected chi connectivity index (χ1v) is 4.69. The summed E-state index contributed by atoms with van der Waals surface area (Å²) in [4.78, 5) is 3.82. The minimum Gasteiger partial charge on any atom is -0.307 e. The molecule has 1 N–H and O–H groups in total. The molecule has 0 fully saturated rings. The van der Waals surface area contributed by atoms with Gasteiger partial charge in [-0.15, -0.1) is 0 Å². The summed E-state index contributed by atoms with van der Waals surface area (Å²) in [7, 11) is 0. The highest BCUT2D eigenvalue weighted by Crippen LogP contribution is 2.21. The maximum Gasteiger partial charge on any atom is 0.319 e. The van der Waals surface area contributed by atoms with Crippen LogP contribution in [-0.2, 0) is 6.54 Å². The van der Waals surface area contributed by atoms with E-state index in [1.165, 1.54) is 6.20 Å². The van der Waals surface area contributed by atoms with Crippen LogP contribution in [0.25, 0.3) is 0 Å². The van der Waals surface area contributed by atoms with Crippen molar-refractivity contribution >= 4 is 0 Å². The summed E-state index contributed by atoms with van der Waals surface area (Å²) < 4.78 is 48.7. The summed E-state index contributed by atoms with van der Waals surface area (Å²) in [5.41, 5.74) is 1.59. The van der Waals surface area contributed by atoms with Gasteiger partial charge in [0.15, 0.2) is 0 Å². The lowest BCUT2D eigenvalue weighted by Gasteiger charge is -2.16. The summed E-state index contributed by atoms with van der Waals surface area (Å²) in [5, 5.41) is 2.29. The molecule has 0 spiro atoms. The molecule has 0 aromatic carbocycles. The third-order valence-electron chi connectivity index (χ3n) is 2.14. The van der Waals surface area contributed by atoms with Gasteiger partial charge in [-0.25, -0.2) is 8.78 Å². The number of alkyl halides is 4. The molecule has 0 aliphatic heterocycles. The van der Waals surface area contributed by atoms with E-state index < -0.39 is 18.9 Å². The molecule has 0 unspecified atom stereocenters. The quantitative estimate of drug-likeness (QED) is 0.794. The lowest BCUT2D eigenvalue weighted by molar-refractivity contribution is -0.125. The molecule has 16 heavy (non-hydrogen) atoms. The molecule has 0 saturated heterocycles. The van der Waals surface area contributed by atoms with Crippen LogP contribution in [0.2, 0.25) is 0 Å². The summed E-state index contributed by atoms with van der Waals surface area (Å²) >= 11 is 0. The maximum atomic E-state index is 12.5. The first-order chi connectivity index (χ1) is 7.43. The third-order valence-corrected chi connectivity index (χ3v) is 2.14. The van der Waals surface area contributed by atoms with Crippen LogP contribution in [0.3, 0.4) is 0 Å². The van der Waals surface area contributed by atoms with E-state index in [0.717, 1.165) is 5.56 Å². The zero-order valence-electron chi connectivity index (χ0n) is 8.68. The molecular weight excluding hydrogens is 224 g/mol. The molecule has 0 aliphatic rings. The van der Waals surface area contributed by atoms with Crippen LogP contribution >= 0.6 is 0 Å². The number of rotatable bonds is 5. The maximum absolute atomic E-state index is 12.5. The van der Waals surface area contributed by atoms with Crippen LogP contribution in [0.15, 0.2) is 18.5 Å². The van der Waals surface area contributed by atoms with Gasteiger partial charge < -0.3 is 5.32 Å². The molecule has 1 rings (SSSR count). The number of halogens is 4. The van der Waals surface area contributed by atoms with Gasteiger partial charge in [0, 0.05) is 18.9 Å². The fourth-order valence-corrected chi connectivity index (χ4v) is 1.12. The Kier molecular flexibility index (Phi) is 4.23.